The van der Waals surface area contributed by atoms with Crippen molar-refractivity contribution >= 4 is 17.6 Å². The molecule has 2 aromatic rings. The smallest absolute Gasteiger partial charge is 0.337 e. The van der Waals surface area contributed by atoms with Crippen LogP contribution in [0.15, 0.2) is 30.3 Å². The molecule has 0 saturated heterocycles. The lowest BCUT2D eigenvalue weighted by Gasteiger charge is -2.08. The molecule has 4 nitrogen and oxygen atoms in total. The molecular weight excluding hydrogens is 318 g/mol. The second kappa shape index (κ2) is 6.47. The molecular formula is C15H9F4NO3. The molecule has 0 saturated carbocycles. The third-order valence-corrected chi connectivity index (χ3v) is 2.89. The third kappa shape index (κ3) is 3.31. The second-order valence-corrected chi connectivity index (χ2v) is 4.37. The van der Waals surface area contributed by atoms with Crippen molar-refractivity contribution in [3.8, 4) is 0 Å². The molecule has 0 aliphatic rings. The number of anilines is 1. The molecule has 8 heteroatoms. The zero-order valence-corrected chi connectivity index (χ0v) is 11.6. The number of rotatable bonds is 3. The van der Waals surface area contributed by atoms with Gasteiger partial charge in [0.2, 0.25) is 0 Å². The summed E-state index contributed by atoms with van der Waals surface area (Å²) in [6.07, 6.45) is 0. The predicted octanol–water partition coefficient (Wildman–Crippen LogP) is 3.28. The van der Waals surface area contributed by atoms with Crippen molar-refractivity contribution < 1.29 is 31.9 Å². The number of carbonyl (C=O) groups excluding carboxylic acids is 2. The maximum Gasteiger partial charge on any atom is 0.337 e. The molecule has 0 aliphatic carbocycles. The third-order valence-electron chi connectivity index (χ3n) is 2.89. The zero-order chi connectivity index (χ0) is 17.1. The number of methoxy groups -OCH3 is 1. The molecule has 2 aromatic carbocycles. The normalized spacial score (nSPS) is 10.3. The largest absolute Gasteiger partial charge is 0.465 e. The van der Waals surface area contributed by atoms with Gasteiger partial charge in [-0.15, -0.1) is 0 Å². The standard InChI is InChI=1S/C15H9F4NO3/c1-23-15(22)7-3-2-4-8(5-7)20-14(21)9-6-10(16)12(18)13(19)11(9)17/h2-6H,1H3,(H,20,21). The van der Waals surface area contributed by atoms with Gasteiger partial charge < -0.3 is 10.1 Å². The minimum atomic E-state index is -2.08. The van der Waals surface area contributed by atoms with Gasteiger partial charge in [-0.25, -0.2) is 22.4 Å². The van der Waals surface area contributed by atoms with E-state index >= 15 is 0 Å². The topological polar surface area (TPSA) is 55.4 Å². The fourth-order valence-electron chi connectivity index (χ4n) is 1.78. The molecule has 0 aliphatic heterocycles. The molecule has 0 radical (unpaired) electrons. The van der Waals surface area contributed by atoms with Crippen molar-refractivity contribution in [2.45, 2.75) is 0 Å². The first-order chi connectivity index (χ1) is 10.8. The van der Waals surface area contributed by atoms with Gasteiger partial charge in [0.05, 0.1) is 18.2 Å². The van der Waals surface area contributed by atoms with E-state index in [1.165, 1.54) is 24.3 Å². The van der Waals surface area contributed by atoms with Gasteiger partial charge in [0.25, 0.3) is 5.91 Å². The van der Waals surface area contributed by atoms with Crippen LogP contribution >= 0.6 is 0 Å². The van der Waals surface area contributed by atoms with E-state index in [-0.39, 0.29) is 17.3 Å². The van der Waals surface area contributed by atoms with Crippen molar-refractivity contribution in [1.29, 1.82) is 0 Å². The Balaban J connectivity index is 2.32. The van der Waals surface area contributed by atoms with Crippen LogP contribution in [0.4, 0.5) is 23.2 Å². The quantitative estimate of drug-likeness (QED) is 0.407. The molecule has 0 fully saturated rings. The van der Waals surface area contributed by atoms with Crippen LogP contribution < -0.4 is 5.32 Å². The fraction of sp³-hybridized carbons (Fsp3) is 0.0667. The maximum atomic E-state index is 13.5. The number of benzene rings is 2. The van der Waals surface area contributed by atoms with Crippen molar-refractivity contribution in [2.24, 2.45) is 0 Å². The summed E-state index contributed by atoms with van der Waals surface area (Å²) in [6.45, 7) is 0. The molecule has 23 heavy (non-hydrogen) atoms. The van der Waals surface area contributed by atoms with Gasteiger partial charge in [0, 0.05) is 5.69 Å². The maximum absolute atomic E-state index is 13.5. The number of hydrogen-bond acceptors (Lipinski definition) is 3. The first-order valence-corrected chi connectivity index (χ1v) is 6.18. The Bertz CT molecular complexity index is 793. The van der Waals surface area contributed by atoms with Gasteiger partial charge in [0.15, 0.2) is 23.3 Å². The van der Waals surface area contributed by atoms with E-state index in [0.717, 1.165) is 7.11 Å². The molecule has 0 aromatic heterocycles. The van der Waals surface area contributed by atoms with E-state index in [9.17, 15) is 27.2 Å². The highest BCUT2D eigenvalue weighted by Crippen LogP contribution is 2.20. The lowest BCUT2D eigenvalue weighted by Crippen LogP contribution is -2.16. The fourth-order valence-corrected chi connectivity index (χ4v) is 1.78. The van der Waals surface area contributed by atoms with Gasteiger partial charge in [-0.1, -0.05) is 6.07 Å². The number of halogens is 4. The predicted molar refractivity (Wildman–Crippen MR) is 72.0 cm³/mol. The molecule has 1 N–H and O–H groups in total. The van der Waals surface area contributed by atoms with Crippen LogP contribution in [0.25, 0.3) is 0 Å². The van der Waals surface area contributed by atoms with Crippen molar-refractivity contribution in [1.82, 2.24) is 0 Å². The lowest BCUT2D eigenvalue weighted by molar-refractivity contribution is 0.0600. The monoisotopic (exact) mass is 327 g/mol. The van der Waals surface area contributed by atoms with E-state index in [2.05, 4.69) is 10.1 Å². The highest BCUT2D eigenvalue weighted by atomic mass is 19.2. The van der Waals surface area contributed by atoms with Gasteiger partial charge in [-0.2, -0.15) is 0 Å². The summed E-state index contributed by atoms with van der Waals surface area (Å²) < 4.78 is 57.2. The molecule has 1 amide bonds. The van der Waals surface area contributed by atoms with Crippen LogP contribution in [0, 0.1) is 23.3 Å². The Hall–Kier alpha value is -2.90. The minimum absolute atomic E-state index is 0.0578. The van der Waals surface area contributed by atoms with Crippen molar-refractivity contribution in [3.63, 3.8) is 0 Å². The average molecular weight is 327 g/mol. The van der Waals surface area contributed by atoms with Crippen LogP contribution in [0.3, 0.4) is 0 Å². The summed E-state index contributed by atoms with van der Waals surface area (Å²) in [7, 11) is 1.16. The lowest BCUT2D eigenvalue weighted by atomic mass is 10.1. The summed E-state index contributed by atoms with van der Waals surface area (Å²) in [5.41, 5.74) is -0.852. The summed E-state index contributed by atoms with van der Waals surface area (Å²) in [4.78, 5) is 23.2. The Labute approximate surface area is 127 Å². The Morgan fingerprint density at radius 3 is 2.35 bits per heavy atom. The minimum Gasteiger partial charge on any atom is -0.465 e. The van der Waals surface area contributed by atoms with Crippen LogP contribution in [0.1, 0.15) is 20.7 Å². The van der Waals surface area contributed by atoms with Crippen molar-refractivity contribution in [2.75, 3.05) is 12.4 Å². The molecule has 0 bridgehead atoms. The molecule has 120 valence electrons. The number of ether oxygens (including phenoxy) is 1. The van der Waals surface area contributed by atoms with Gasteiger partial charge in [-0.3, -0.25) is 4.79 Å². The first kappa shape index (κ1) is 16.5. The highest BCUT2D eigenvalue weighted by Gasteiger charge is 2.23. The Kier molecular flexibility index (Phi) is 4.63. The van der Waals surface area contributed by atoms with Gasteiger partial charge >= 0.3 is 5.97 Å². The molecule has 0 atom stereocenters. The number of amides is 1. The summed E-state index contributed by atoms with van der Waals surface area (Å²) in [5.74, 6) is -9.48. The summed E-state index contributed by atoms with van der Waals surface area (Å²) >= 11 is 0. The average Bonchev–Trinajstić information content (AvgIpc) is 2.55. The van der Waals surface area contributed by atoms with E-state index in [0.29, 0.717) is 0 Å². The van der Waals surface area contributed by atoms with Gasteiger partial charge in [0.1, 0.15) is 0 Å². The summed E-state index contributed by atoms with van der Waals surface area (Å²) in [6, 6.07) is 5.63. The van der Waals surface area contributed by atoms with E-state index in [1.54, 1.807) is 0 Å². The van der Waals surface area contributed by atoms with Crippen LogP contribution in [-0.2, 0) is 4.74 Å². The van der Waals surface area contributed by atoms with Gasteiger partial charge in [-0.05, 0) is 24.3 Å². The number of carbonyl (C=O) groups is 2. The Morgan fingerprint density at radius 2 is 1.70 bits per heavy atom. The van der Waals surface area contributed by atoms with E-state index in [1.807, 2.05) is 0 Å². The molecule has 2 rings (SSSR count). The first-order valence-electron chi connectivity index (χ1n) is 6.18. The van der Waals surface area contributed by atoms with Crippen LogP contribution in [0.2, 0.25) is 0 Å². The van der Waals surface area contributed by atoms with Crippen LogP contribution in [-0.4, -0.2) is 19.0 Å². The van der Waals surface area contributed by atoms with E-state index < -0.39 is 40.7 Å². The number of hydrogen-bond donors (Lipinski definition) is 1. The summed E-state index contributed by atoms with van der Waals surface area (Å²) in [5, 5.41) is 2.15. The molecule has 0 unspecified atom stereocenters. The molecule has 0 spiro atoms. The highest BCUT2D eigenvalue weighted by molar-refractivity contribution is 6.05. The van der Waals surface area contributed by atoms with Crippen molar-refractivity contribution in [3.05, 3.63) is 64.7 Å². The van der Waals surface area contributed by atoms with E-state index in [4.69, 9.17) is 0 Å². The number of esters is 1. The van der Waals surface area contributed by atoms with Crippen LogP contribution in [0.5, 0.6) is 0 Å². The SMILES string of the molecule is COC(=O)c1cccc(NC(=O)c2cc(F)c(F)c(F)c2F)c1. The second-order valence-electron chi connectivity index (χ2n) is 4.37. The zero-order valence-electron chi connectivity index (χ0n) is 11.6. The number of nitrogens with one attached hydrogen (secondary N) is 1. The Morgan fingerprint density at radius 1 is 1.00 bits per heavy atom. The molecule has 0 heterocycles.